The number of rotatable bonds is 4. The van der Waals surface area contributed by atoms with Gasteiger partial charge in [-0.15, -0.1) is 0 Å². The van der Waals surface area contributed by atoms with E-state index in [4.69, 9.17) is 5.21 Å². The van der Waals surface area contributed by atoms with E-state index < -0.39 is 10.8 Å². The molecule has 0 aromatic heterocycles. The van der Waals surface area contributed by atoms with E-state index in [0.29, 0.717) is 18.8 Å². The molecular weight excluding hydrogens is 324 g/mol. The summed E-state index contributed by atoms with van der Waals surface area (Å²) < 4.78 is 0. The molecule has 2 aromatic rings. The number of nitrogens with zero attached hydrogens (tertiary/aromatic N) is 3. The van der Waals surface area contributed by atoms with E-state index in [9.17, 15) is 14.9 Å². The molecule has 1 fully saturated rings. The van der Waals surface area contributed by atoms with Crippen molar-refractivity contribution in [3.63, 3.8) is 0 Å². The van der Waals surface area contributed by atoms with E-state index in [-0.39, 0.29) is 11.3 Å². The number of hydrogen-bond donors (Lipinski definition) is 2. The lowest BCUT2D eigenvalue weighted by molar-refractivity contribution is -0.384. The first-order chi connectivity index (χ1) is 12.1. The molecule has 1 aliphatic rings. The molecule has 1 heterocycles. The molecule has 130 valence electrons. The van der Waals surface area contributed by atoms with Gasteiger partial charge in [0, 0.05) is 44.0 Å². The maximum absolute atomic E-state index is 11.9. The van der Waals surface area contributed by atoms with Crippen LogP contribution >= 0.6 is 0 Å². The predicted octanol–water partition coefficient (Wildman–Crippen LogP) is 2.04. The Morgan fingerprint density at radius 2 is 1.68 bits per heavy atom. The first kappa shape index (κ1) is 16.7. The van der Waals surface area contributed by atoms with Crippen molar-refractivity contribution in [3.8, 4) is 0 Å². The van der Waals surface area contributed by atoms with Gasteiger partial charge in [0.25, 0.3) is 11.6 Å². The van der Waals surface area contributed by atoms with Crippen molar-refractivity contribution in [1.29, 1.82) is 0 Å². The smallest absolute Gasteiger partial charge is 0.276 e. The number of anilines is 2. The summed E-state index contributed by atoms with van der Waals surface area (Å²) in [5.41, 5.74) is 3.17. The number of nitro benzene ring substituents is 1. The standard InChI is InChI=1S/C17H18N4O4/c22-17(18-23)15-12-14(21(24)25)6-7-16(15)20-10-8-19(9-11-20)13-4-2-1-3-5-13/h1-7,12,23H,8-11H2,(H,18,22). The minimum absolute atomic E-state index is 0.0878. The highest BCUT2D eigenvalue weighted by atomic mass is 16.6. The maximum Gasteiger partial charge on any atom is 0.276 e. The molecule has 8 heteroatoms. The van der Waals surface area contributed by atoms with E-state index in [1.54, 1.807) is 11.5 Å². The zero-order valence-electron chi connectivity index (χ0n) is 13.5. The number of hydroxylamine groups is 1. The fourth-order valence-electron chi connectivity index (χ4n) is 3.00. The number of non-ortho nitro benzene ring substituents is 1. The van der Waals surface area contributed by atoms with E-state index in [1.807, 2.05) is 35.2 Å². The number of nitrogens with one attached hydrogen (secondary N) is 1. The highest BCUT2D eigenvalue weighted by Gasteiger charge is 2.23. The Kier molecular flexibility index (Phi) is 4.80. The summed E-state index contributed by atoms with van der Waals surface area (Å²) >= 11 is 0. The summed E-state index contributed by atoms with van der Waals surface area (Å²) in [5, 5.41) is 19.9. The van der Waals surface area contributed by atoms with Crippen LogP contribution in [-0.2, 0) is 0 Å². The van der Waals surface area contributed by atoms with Crippen LogP contribution < -0.4 is 15.3 Å². The second kappa shape index (κ2) is 7.18. The zero-order valence-corrected chi connectivity index (χ0v) is 13.5. The van der Waals surface area contributed by atoms with Gasteiger partial charge >= 0.3 is 0 Å². The van der Waals surface area contributed by atoms with Crippen LogP contribution in [0.1, 0.15) is 10.4 Å². The summed E-state index contributed by atoms with van der Waals surface area (Å²) in [5.74, 6) is -0.760. The van der Waals surface area contributed by atoms with Crippen molar-refractivity contribution in [2.75, 3.05) is 36.0 Å². The molecule has 0 unspecified atom stereocenters. The van der Waals surface area contributed by atoms with Crippen molar-refractivity contribution in [2.45, 2.75) is 0 Å². The molecule has 2 N–H and O–H groups in total. The summed E-state index contributed by atoms with van der Waals surface area (Å²) in [4.78, 5) is 26.5. The summed E-state index contributed by atoms with van der Waals surface area (Å²) in [7, 11) is 0. The van der Waals surface area contributed by atoms with Crippen molar-refractivity contribution < 1.29 is 14.9 Å². The number of benzene rings is 2. The first-order valence-electron chi connectivity index (χ1n) is 7.88. The third-order valence-corrected chi connectivity index (χ3v) is 4.28. The molecule has 0 radical (unpaired) electrons. The van der Waals surface area contributed by atoms with Crippen LogP contribution in [-0.4, -0.2) is 42.2 Å². The average Bonchev–Trinajstić information content (AvgIpc) is 2.67. The van der Waals surface area contributed by atoms with Crippen LogP contribution in [0.25, 0.3) is 0 Å². The van der Waals surface area contributed by atoms with Gasteiger partial charge in [0.15, 0.2) is 0 Å². The molecule has 1 amide bonds. The van der Waals surface area contributed by atoms with E-state index in [2.05, 4.69) is 4.90 Å². The molecular formula is C17H18N4O4. The SMILES string of the molecule is O=C(NO)c1cc([N+](=O)[O-])ccc1N1CCN(c2ccccc2)CC1. The average molecular weight is 342 g/mol. The Labute approximate surface area is 144 Å². The molecule has 0 aliphatic carbocycles. The van der Waals surface area contributed by atoms with Crippen molar-refractivity contribution in [1.82, 2.24) is 5.48 Å². The van der Waals surface area contributed by atoms with Crippen LogP contribution in [0.4, 0.5) is 17.1 Å². The van der Waals surface area contributed by atoms with E-state index in [0.717, 1.165) is 18.8 Å². The van der Waals surface area contributed by atoms with Gasteiger partial charge in [-0.1, -0.05) is 18.2 Å². The van der Waals surface area contributed by atoms with Gasteiger partial charge in [-0.2, -0.15) is 0 Å². The molecule has 1 aliphatic heterocycles. The Morgan fingerprint density at radius 1 is 1.04 bits per heavy atom. The summed E-state index contributed by atoms with van der Waals surface area (Å²) in [6.07, 6.45) is 0. The molecule has 2 aromatic carbocycles. The minimum atomic E-state index is -0.760. The lowest BCUT2D eigenvalue weighted by Gasteiger charge is -2.38. The Balaban J connectivity index is 1.81. The lowest BCUT2D eigenvalue weighted by Crippen LogP contribution is -2.47. The van der Waals surface area contributed by atoms with Crippen LogP contribution in [0.2, 0.25) is 0 Å². The normalized spacial score (nSPS) is 14.3. The Bertz CT molecular complexity index is 773. The minimum Gasteiger partial charge on any atom is -0.368 e. The number of carbonyl (C=O) groups is 1. The number of para-hydroxylation sites is 1. The molecule has 3 rings (SSSR count). The molecule has 0 atom stereocenters. The third kappa shape index (κ3) is 3.53. The Hall–Kier alpha value is -3.13. The van der Waals surface area contributed by atoms with Crippen molar-refractivity contribution in [3.05, 3.63) is 64.2 Å². The highest BCUT2D eigenvalue weighted by Crippen LogP contribution is 2.27. The van der Waals surface area contributed by atoms with Crippen LogP contribution in [0.5, 0.6) is 0 Å². The third-order valence-electron chi connectivity index (χ3n) is 4.28. The van der Waals surface area contributed by atoms with Gasteiger partial charge in [0.1, 0.15) is 0 Å². The number of nitro groups is 1. The summed E-state index contributed by atoms with van der Waals surface area (Å²) in [6.45, 7) is 2.86. The second-order valence-electron chi connectivity index (χ2n) is 5.71. The topological polar surface area (TPSA) is 98.9 Å². The Morgan fingerprint density at radius 3 is 2.28 bits per heavy atom. The van der Waals surface area contributed by atoms with Gasteiger partial charge in [-0.25, -0.2) is 5.48 Å². The molecule has 25 heavy (non-hydrogen) atoms. The fraction of sp³-hybridized carbons (Fsp3) is 0.235. The second-order valence-corrected chi connectivity index (χ2v) is 5.71. The molecule has 0 bridgehead atoms. The molecule has 0 spiro atoms. The number of hydrogen-bond acceptors (Lipinski definition) is 6. The van der Waals surface area contributed by atoms with Gasteiger partial charge in [0.2, 0.25) is 0 Å². The quantitative estimate of drug-likeness (QED) is 0.501. The molecule has 1 saturated heterocycles. The van der Waals surface area contributed by atoms with Crippen molar-refractivity contribution >= 4 is 23.0 Å². The highest BCUT2D eigenvalue weighted by molar-refractivity contribution is 5.99. The van der Waals surface area contributed by atoms with Gasteiger partial charge < -0.3 is 9.80 Å². The van der Waals surface area contributed by atoms with Gasteiger partial charge in [-0.05, 0) is 18.2 Å². The maximum atomic E-state index is 11.9. The molecule has 8 nitrogen and oxygen atoms in total. The zero-order chi connectivity index (χ0) is 17.8. The van der Waals surface area contributed by atoms with E-state index >= 15 is 0 Å². The summed E-state index contributed by atoms with van der Waals surface area (Å²) in [6, 6.07) is 14.1. The monoisotopic (exact) mass is 342 g/mol. The van der Waals surface area contributed by atoms with Gasteiger partial charge in [-0.3, -0.25) is 20.1 Å². The lowest BCUT2D eigenvalue weighted by atomic mass is 10.1. The van der Waals surface area contributed by atoms with Crippen molar-refractivity contribution in [2.24, 2.45) is 0 Å². The predicted molar refractivity (Wildman–Crippen MR) is 93.2 cm³/mol. The first-order valence-corrected chi connectivity index (χ1v) is 7.88. The van der Waals surface area contributed by atoms with E-state index in [1.165, 1.54) is 12.1 Å². The number of carbonyl (C=O) groups excluding carboxylic acids is 1. The molecule has 0 saturated carbocycles. The van der Waals surface area contributed by atoms with Crippen LogP contribution in [0, 0.1) is 10.1 Å². The van der Waals surface area contributed by atoms with Gasteiger partial charge in [0.05, 0.1) is 16.2 Å². The number of piperazine rings is 1. The van der Waals surface area contributed by atoms with Crippen LogP contribution in [0.15, 0.2) is 48.5 Å². The fourth-order valence-corrected chi connectivity index (χ4v) is 3.00. The largest absolute Gasteiger partial charge is 0.368 e. The van der Waals surface area contributed by atoms with Crippen LogP contribution in [0.3, 0.4) is 0 Å². The number of amides is 1.